The van der Waals surface area contributed by atoms with Gasteiger partial charge in [-0.25, -0.2) is 0 Å². The van der Waals surface area contributed by atoms with Crippen LogP contribution in [0.1, 0.15) is 36.6 Å². The van der Waals surface area contributed by atoms with E-state index < -0.39 is 0 Å². The summed E-state index contributed by atoms with van der Waals surface area (Å²) in [4.78, 5) is 0. The van der Waals surface area contributed by atoms with Crippen molar-refractivity contribution in [2.24, 2.45) is 0 Å². The molecule has 2 aromatic rings. The van der Waals surface area contributed by atoms with Crippen LogP contribution in [-0.4, -0.2) is 29.0 Å². The molecule has 5 heteroatoms. The van der Waals surface area contributed by atoms with E-state index in [-0.39, 0.29) is 0 Å². The summed E-state index contributed by atoms with van der Waals surface area (Å²) >= 11 is 0. The van der Waals surface area contributed by atoms with Gasteiger partial charge in [-0.1, -0.05) is 54.7 Å². The maximum atomic E-state index is 9.67. The molecule has 0 aliphatic carbocycles. The SMILES string of the molecule is C=C(/C=C\C(=C/C)c1cc(Nc2cccc(C)c2C)n[nH]1)C/C=C\C/C(O)=C\COC. The maximum absolute atomic E-state index is 9.67. The fourth-order valence-electron chi connectivity index (χ4n) is 2.88. The Morgan fingerprint density at radius 2 is 2.00 bits per heavy atom. The summed E-state index contributed by atoms with van der Waals surface area (Å²) in [6.45, 7) is 10.7. The molecule has 0 fully saturated rings. The number of aromatic amines is 1. The Kier molecular flexibility index (Phi) is 9.59. The number of aliphatic hydroxyl groups excluding tert-OH is 1. The van der Waals surface area contributed by atoms with Gasteiger partial charge in [0.05, 0.1) is 18.1 Å². The highest BCUT2D eigenvalue weighted by molar-refractivity contribution is 5.74. The molecule has 1 aromatic heterocycles. The Hall–Kier alpha value is -3.31. The minimum atomic E-state index is 0.306. The molecule has 31 heavy (non-hydrogen) atoms. The molecular formula is C26H33N3O2. The van der Waals surface area contributed by atoms with E-state index in [9.17, 15) is 5.11 Å². The first-order chi connectivity index (χ1) is 14.9. The van der Waals surface area contributed by atoms with Crippen molar-refractivity contribution in [1.29, 1.82) is 0 Å². The largest absolute Gasteiger partial charge is 0.512 e. The van der Waals surface area contributed by atoms with Gasteiger partial charge in [0.1, 0.15) is 0 Å². The number of aryl methyl sites for hydroxylation is 1. The molecule has 0 saturated carbocycles. The minimum absolute atomic E-state index is 0.306. The predicted octanol–water partition coefficient (Wildman–Crippen LogP) is 6.71. The van der Waals surface area contributed by atoms with Crippen LogP contribution in [0.25, 0.3) is 5.57 Å². The molecule has 3 N–H and O–H groups in total. The highest BCUT2D eigenvalue weighted by Gasteiger charge is 2.06. The van der Waals surface area contributed by atoms with E-state index in [1.165, 1.54) is 11.1 Å². The molecule has 0 atom stereocenters. The molecular weight excluding hydrogens is 386 g/mol. The monoisotopic (exact) mass is 419 g/mol. The number of hydrogen-bond donors (Lipinski definition) is 3. The van der Waals surface area contributed by atoms with Crippen molar-refractivity contribution < 1.29 is 9.84 Å². The lowest BCUT2D eigenvalue weighted by Crippen LogP contribution is -1.94. The molecule has 1 aromatic carbocycles. The Morgan fingerprint density at radius 3 is 2.74 bits per heavy atom. The molecule has 0 unspecified atom stereocenters. The molecule has 2 rings (SSSR count). The second-order valence-corrected chi connectivity index (χ2v) is 7.31. The van der Waals surface area contributed by atoms with Gasteiger partial charge in [-0.2, -0.15) is 5.10 Å². The molecule has 0 bridgehead atoms. The first kappa shape index (κ1) is 24.0. The van der Waals surface area contributed by atoms with E-state index in [2.05, 4.69) is 48.1 Å². The van der Waals surface area contributed by atoms with Crippen molar-refractivity contribution in [1.82, 2.24) is 10.2 Å². The third-order valence-electron chi connectivity index (χ3n) is 4.93. The first-order valence-corrected chi connectivity index (χ1v) is 10.4. The third-order valence-corrected chi connectivity index (χ3v) is 4.93. The number of nitrogens with one attached hydrogen (secondary N) is 2. The van der Waals surface area contributed by atoms with E-state index in [0.717, 1.165) is 28.3 Å². The van der Waals surface area contributed by atoms with Gasteiger partial charge in [-0.3, -0.25) is 5.10 Å². The molecule has 5 nitrogen and oxygen atoms in total. The van der Waals surface area contributed by atoms with Crippen molar-refractivity contribution in [3.63, 3.8) is 0 Å². The zero-order valence-corrected chi connectivity index (χ0v) is 18.9. The van der Waals surface area contributed by atoms with Gasteiger partial charge >= 0.3 is 0 Å². The Balaban J connectivity index is 1.93. The van der Waals surface area contributed by atoms with Crippen molar-refractivity contribution in [2.75, 3.05) is 19.0 Å². The van der Waals surface area contributed by atoms with Crippen molar-refractivity contribution >= 4 is 17.1 Å². The van der Waals surface area contributed by atoms with Gasteiger partial charge in [0.25, 0.3) is 0 Å². The number of hydrogen-bond acceptors (Lipinski definition) is 4. The van der Waals surface area contributed by atoms with Gasteiger partial charge in [0, 0.05) is 25.3 Å². The van der Waals surface area contributed by atoms with Crippen LogP contribution in [-0.2, 0) is 4.74 Å². The Labute approximate surface area is 185 Å². The molecule has 0 radical (unpaired) electrons. The summed E-state index contributed by atoms with van der Waals surface area (Å²) in [5.41, 5.74) is 6.45. The number of aromatic nitrogens is 2. The maximum Gasteiger partial charge on any atom is 0.152 e. The van der Waals surface area contributed by atoms with Crippen LogP contribution in [0.4, 0.5) is 11.5 Å². The minimum Gasteiger partial charge on any atom is -0.512 e. The van der Waals surface area contributed by atoms with Crippen LogP contribution in [0.3, 0.4) is 0 Å². The van der Waals surface area contributed by atoms with E-state index in [1.54, 1.807) is 13.2 Å². The van der Waals surface area contributed by atoms with Crippen LogP contribution in [0.2, 0.25) is 0 Å². The summed E-state index contributed by atoms with van der Waals surface area (Å²) in [6, 6.07) is 8.19. The quantitative estimate of drug-likeness (QED) is 0.215. The second kappa shape index (κ2) is 12.4. The van der Waals surface area contributed by atoms with Crippen LogP contribution < -0.4 is 5.32 Å². The standard InChI is InChI=1S/C26H33N3O2/c1-6-22(15-14-19(2)10-7-8-12-23(30)16-17-31-5)25-18-26(29-28-25)27-24-13-9-11-20(3)21(24)4/h6-9,11,13-16,18,30H,2,10,12,17H2,1,3-5H3,(H2,27,28,29)/b8-7-,15-14-,22-6+,23-16+. The second-order valence-electron chi connectivity index (χ2n) is 7.31. The van der Waals surface area contributed by atoms with E-state index in [4.69, 9.17) is 4.74 Å². The number of methoxy groups -OCH3 is 1. The molecule has 0 spiro atoms. The zero-order chi connectivity index (χ0) is 22.6. The lowest BCUT2D eigenvalue weighted by atomic mass is 10.1. The predicted molar refractivity (Wildman–Crippen MR) is 131 cm³/mol. The normalized spacial score (nSPS) is 12.8. The molecule has 164 valence electrons. The van der Waals surface area contributed by atoms with Gasteiger partial charge in [-0.15, -0.1) is 0 Å². The topological polar surface area (TPSA) is 70.2 Å². The van der Waals surface area contributed by atoms with Crippen molar-refractivity contribution in [3.8, 4) is 0 Å². The van der Waals surface area contributed by atoms with Crippen molar-refractivity contribution in [3.05, 3.63) is 95.5 Å². The first-order valence-electron chi connectivity index (χ1n) is 10.4. The lowest BCUT2D eigenvalue weighted by molar-refractivity contribution is 0.229. The van der Waals surface area contributed by atoms with E-state index in [1.807, 2.05) is 49.4 Å². The van der Waals surface area contributed by atoms with Crippen LogP contribution in [0.15, 0.2) is 78.6 Å². The summed E-state index contributed by atoms with van der Waals surface area (Å²) in [5, 5.41) is 20.5. The number of nitrogens with zero attached hydrogens (tertiary/aromatic N) is 1. The van der Waals surface area contributed by atoms with Gasteiger partial charge in [0.2, 0.25) is 0 Å². The molecule has 0 amide bonds. The molecule has 0 aliphatic heterocycles. The number of rotatable bonds is 11. The smallest absolute Gasteiger partial charge is 0.152 e. The number of allylic oxidation sites excluding steroid dienone is 7. The summed E-state index contributed by atoms with van der Waals surface area (Å²) < 4.78 is 4.90. The summed E-state index contributed by atoms with van der Waals surface area (Å²) in [5.74, 6) is 1.08. The average Bonchev–Trinajstić information content (AvgIpc) is 3.21. The fraction of sp³-hybridized carbons (Fsp3) is 0.269. The highest BCUT2D eigenvalue weighted by atomic mass is 16.5. The summed E-state index contributed by atoms with van der Waals surface area (Å²) in [7, 11) is 1.60. The van der Waals surface area contributed by atoms with Crippen LogP contribution in [0.5, 0.6) is 0 Å². The number of aliphatic hydroxyl groups is 1. The number of H-pyrrole nitrogens is 1. The van der Waals surface area contributed by atoms with Crippen LogP contribution in [0, 0.1) is 13.8 Å². The fourth-order valence-corrected chi connectivity index (χ4v) is 2.88. The Morgan fingerprint density at radius 1 is 1.23 bits per heavy atom. The van der Waals surface area contributed by atoms with E-state index in [0.29, 0.717) is 25.2 Å². The number of benzene rings is 1. The zero-order valence-electron chi connectivity index (χ0n) is 18.9. The van der Waals surface area contributed by atoms with Crippen molar-refractivity contribution in [2.45, 2.75) is 33.6 Å². The third kappa shape index (κ3) is 7.79. The highest BCUT2D eigenvalue weighted by Crippen LogP contribution is 2.24. The average molecular weight is 420 g/mol. The van der Waals surface area contributed by atoms with Gasteiger partial charge in [-0.05, 0) is 56.0 Å². The van der Waals surface area contributed by atoms with Crippen LogP contribution >= 0.6 is 0 Å². The number of ether oxygens (including phenoxy) is 1. The lowest BCUT2D eigenvalue weighted by Gasteiger charge is -2.08. The molecule has 0 aliphatic rings. The molecule has 1 heterocycles. The van der Waals surface area contributed by atoms with Gasteiger partial charge in [0.15, 0.2) is 5.82 Å². The van der Waals surface area contributed by atoms with Gasteiger partial charge < -0.3 is 15.2 Å². The van der Waals surface area contributed by atoms with E-state index >= 15 is 0 Å². The molecule has 0 saturated heterocycles. The summed E-state index contributed by atoms with van der Waals surface area (Å²) in [6.07, 6.45) is 12.9. The Bertz CT molecular complexity index is 994. The number of anilines is 2.